The fourth-order valence-corrected chi connectivity index (χ4v) is 3.68. The molecule has 1 heterocycles. The summed E-state index contributed by atoms with van der Waals surface area (Å²) in [5.74, 6) is 1.27. The summed E-state index contributed by atoms with van der Waals surface area (Å²) in [7, 11) is 0. The molecule has 20 heavy (non-hydrogen) atoms. The van der Waals surface area contributed by atoms with Crippen LogP contribution >= 0.6 is 39.1 Å². The number of benzene rings is 2. The maximum Gasteiger partial charge on any atom is 0.122 e. The normalized spacial score (nSPS) is 16.6. The van der Waals surface area contributed by atoms with Gasteiger partial charge in [-0.3, -0.25) is 0 Å². The molecule has 0 radical (unpaired) electrons. The lowest BCUT2D eigenvalue weighted by Gasteiger charge is -2.14. The van der Waals surface area contributed by atoms with Gasteiger partial charge in [-0.25, -0.2) is 0 Å². The van der Waals surface area contributed by atoms with E-state index >= 15 is 0 Å². The van der Waals surface area contributed by atoms with Gasteiger partial charge >= 0.3 is 0 Å². The van der Waals surface area contributed by atoms with Crippen molar-refractivity contribution in [3.05, 3.63) is 56.5 Å². The van der Waals surface area contributed by atoms with Crippen molar-refractivity contribution in [2.45, 2.75) is 5.92 Å². The van der Waals surface area contributed by atoms with Gasteiger partial charge in [0.2, 0.25) is 0 Å². The molecule has 3 rings (SSSR count). The fraction of sp³-hybridized carbons (Fsp3) is 0.200. The van der Waals surface area contributed by atoms with Gasteiger partial charge in [-0.1, -0.05) is 57.3 Å². The standard InChI is InChI=1S/C15H12BrCl2NO/c16-10-5-12(17)15(13(18)6-10)19-7-9-8-20-14-4-2-1-3-11(9)14/h1-6,9,19H,7-8H2. The van der Waals surface area contributed by atoms with Crippen LogP contribution in [0.1, 0.15) is 11.5 Å². The van der Waals surface area contributed by atoms with Gasteiger partial charge in [0.1, 0.15) is 5.75 Å². The number of rotatable bonds is 3. The summed E-state index contributed by atoms with van der Waals surface area (Å²) in [6.07, 6.45) is 0. The van der Waals surface area contributed by atoms with Crippen molar-refractivity contribution in [3.8, 4) is 5.75 Å². The Balaban J connectivity index is 1.76. The fourth-order valence-electron chi connectivity index (χ4n) is 2.33. The lowest BCUT2D eigenvalue weighted by molar-refractivity contribution is 0.334. The molecular formula is C15H12BrCl2NO. The highest BCUT2D eigenvalue weighted by Crippen LogP contribution is 2.37. The number of halogens is 3. The minimum absolute atomic E-state index is 0.307. The molecular weight excluding hydrogens is 361 g/mol. The van der Waals surface area contributed by atoms with Gasteiger partial charge in [-0.2, -0.15) is 0 Å². The Morgan fingerprint density at radius 2 is 1.90 bits per heavy atom. The van der Waals surface area contributed by atoms with Gasteiger partial charge in [0, 0.05) is 22.5 Å². The molecule has 2 aromatic carbocycles. The van der Waals surface area contributed by atoms with Crippen LogP contribution in [-0.4, -0.2) is 13.2 Å². The number of hydrogen-bond acceptors (Lipinski definition) is 2. The van der Waals surface area contributed by atoms with Crippen molar-refractivity contribution in [3.63, 3.8) is 0 Å². The maximum atomic E-state index is 6.21. The second-order valence-corrected chi connectivity index (χ2v) is 6.40. The monoisotopic (exact) mass is 371 g/mol. The third kappa shape index (κ3) is 2.76. The highest BCUT2D eigenvalue weighted by Gasteiger charge is 2.23. The van der Waals surface area contributed by atoms with Crippen LogP contribution in [0.15, 0.2) is 40.9 Å². The Hall–Kier alpha value is -0.900. The maximum absolute atomic E-state index is 6.21. The number of anilines is 1. The highest BCUT2D eigenvalue weighted by atomic mass is 79.9. The first-order chi connectivity index (χ1) is 9.65. The van der Waals surface area contributed by atoms with E-state index in [1.807, 2.05) is 30.3 Å². The van der Waals surface area contributed by atoms with Gasteiger partial charge < -0.3 is 10.1 Å². The van der Waals surface area contributed by atoms with Crippen molar-refractivity contribution in [1.82, 2.24) is 0 Å². The van der Waals surface area contributed by atoms with Crippen LogP contribution in [0, 0.1) is 0 Å². The Kier molecular flexibility index (Phi) is 4.11. The van der Waals surface area contributed by atoms with Gasteiger partial charge in [-0.15, -0.1) is 0 Å². The molecule has 0 aliphatic carbocycles. The van der Waals surface area contributed by atoms with Gasteiger partial charge in [0.25, 0.3) is 0 Å². The van der Waals surface area contributed by atoms with Crippen LogP contribution < -0.4 is 10.1 Å². The molecule has 1 aliphatic heterocycles. The van der Waals surface area contributed by atoms with Crippen molar-refractivity contribution in [2.75, 3.05) is 18.5 Å². The van der Waals surface area contributed by atoms with Gasteiger partial charge in [-0.05, 0) is 18.2 Å². The van der Waals surface area contributed by atoms with E-state index in [1.165, 1.54) is 5.56 Å². The van der Waals surface area contributed by atoms with E-state index in [0.717, 1.165) is 22.5 Å². The van der Waals surface area contributed by atoms with Crippen LogP contribution in [0.5, 0.6) is 5.75 Å². The van der Waals surface area contributed by atoms with E-state index in [4.69, 9.17) is 27.9 Å². The first-order valence-electron chi connectivity index (χ1n) is 6.25. The van der Waals surface area contributed by atoms with Crippen molar-refractivity contribution in [1.29, 1.82) is 0 Å². The summed E-state index contributed by atoms with van der Waals surface area (Å²) >= 11 is 15.8. The second kappa shape index (κ2) is 5.84. The predicted molar refractivity (Wildman–Crippen MR) is 87.3 cm³/mol. The molecule has 1 unspecified atom stereocenters. The van der Waals surface area contributed by atoms with Crippen LogP contribution in [0.2, 0.25) is 10.0 Å². The van der Waals surface area contributed by atoms with E-state index in [1.54, 1.807) is 0 Å². The van der Waals surface area contributed by atoms with E-state index in [9.17, 15) is 0 Å². The van der Waals surface area contributed by atoms with Crippen LogP contribution in [-0.2, 0) is 0 Å². The molecule has 104 valence electrons. The van der Waals surface area contributed by atoms with E-state index in [0.29, 0.717) is 22.6 Å². The summed E-state index contributed by atoms with van der Waals surface area (Å²) in [5, 5.41) is 4.54. The Morgan fingerprint density at radius 3 is 2.65 bits per heavy atom. The number of ether oxygens (including phenoxy) is 1. The average molecular weight is 373 g/mol. The molecule has 0 spiro atoms. The van der Waals surface area contributed by atoms with Crippen molar-refractivity contribution in [2.24, 2.45) is 0 Å². The summed E-state index contributed by atoms with van der Waals surface area (Å²) in [5.41, 5.74) is 1.99. The van der Waals surface area contributed by atoms with Crippen molar-refractivity contribution < 1.29 is 4.74 Å². The predicted octanol–water partition coefficient (Wildman–Crippen LogP) is 5.34. The number of hydrogen-bond donors (Lipinski definition) is 1. The Bertz CT molecular complexity index is 625. The molecule has 0 bridgehead atoms. The molecule has 0 amide bonds. The minimum Gasteiger partial charge on any atom is -0.493 e. The zero-order chi connectivity index (χ0) is 14.1. The summed E-state index contributed by atoms with van der Waals surface area (Å²) in [4.78, 5) is 0. The molecule has 1 aliphatic rings. The quantitative estimate of drug-likeness (QED) is 0.784. The number of fused-ring (bicyclic) bond motifs is 1. The molecule has 2 aromatic rings. The lowest BCUT2D eigenvalue weighted by Crippen LogP contribution is -2.14. The van der Waals surface area contributed by atoms with E-state index < -0.39 is 0 Å². The third-order valence-corrected chi connectivity index (χ3v) is 4.38. The number of nitrogens with one attached hydrogen (secondary N) is 1. The zero-order valence-electron chi connectivity index (χ0n) is 10.5. The van der Waals surface area contributed by atoms with E-state index in [2.05, 4.69) is 27.3 Å². The SMILES string of the molecule is Clc1cc(Br)cc(Cl)c1NCC1COc2ccccc21. The molecule has 0 fully saturated rings. The second-order valence-electron chi connectivity index (χ2n) is 4.67. The van der Waals surface area contributed by atoms with Crippen LogP contribution in [0.25, 0.3) is 0 Å². The van der Waals surface area contributed by atoms with Crippen LogP contribution in [0.3, 0.4) is 0 Å². The van der Waals surface area contributed by atoms with Gasteiger partial charge in [0.05, 0.1) is 22.3 Å². The zero-order valence-corrected chi connectivity index (χ0v) is 13.6. The third-order valence-electron chi connectivity index (χ3n) is 3.33. The molecule has 1 N–H and O–H groups in total. The summed E-state index contributed by atoms with van der Waals surface area (Å²) in [6.45, 7) is 1.41. The van der Waals surface area contributed by atoms with E-state index in [-0.39, 0.29) is 0 Å². The number of para-hydroxylation sites is 1. The first kappa shape index (κ1) is 14.1. The summed E-state index contributed by atoms with van der Waals surface area (Å²) < 4.78 is 6.53. The largest absolute Gasteiger partial charge is 0.493 e. The lowest BCUT2D eigenvalue weighted by atomic mass is 10.0. The molecule has 1 atom stereocenters. The average Bonchev–Trinajstić information content (AvgIpc) is 2.81. The molecule has 5 heteroatoms. The highest BCUT2D eigenvalue weighted by molar-refractivity contribution is 9.10. The summed E-state index contributed by atoms with van der Waals surface area (Å²) in [6, 6.07) is 11.8. The van der Waals surface area contributed by atoms with Gasteiger partial charge in [0.15, 0.2) is 0 Å². The molecule has 0 aromatic heterocycles. The molecule has 0 saturated heterocycles. The molecule has 0 saturated carbocycles. The Morgan fingerprint density at radius 1 is 1.20 bits per heavy atom. The molecule has 2 nitrogen and oxygen atoms in total. The van der Waals surface area contributed by atoms with Crippen LogP contribution in [0.4, 0.5) is 5.69 Å². The smallest absolute Gasteiger partial charge is 0.122 e. The topological polar surface area (TPSA) is 21.3 Å². The minimum atomic E-state index is 0.307. The van der Waals surface area contributed by atoms with Crippen molar-refractivity contribution >= 4 is 44.8 Å². The first-order valence-corrected chi connectivity index (χ1v) is 7.80. The Labute approximate surface area is 136 Å².